The van der Waals surface area contributed by atoms with E-state index in [1.165, 1.54) is 0 Å². The van der Waals surface area contributed by atoms with Crippen LogP contribution in [0.1, 0.15) is 0 Å². The zero-order chi connectivity index (χ0) is 9.19. The maximum atomic E-state index is 10.7. The standard InChI is InChI=1S/C6H10N3O2P/c7-5-1-3-6(4-2-5)9-12(8,10)11/h1-4H,7H2,(H4,8,9,10,11). The van der Waals surface area contributed by atoms with Gasteiger partial charge in [0.25, 0.3) is 0 Å². The number of hydrogen-bond acceptors (Lipinski definition) is 2. The molecule has 1 atom stereocenters. The second kappa shape index (κ2) is 3.15. The lowest BCUT2D eigenvalue weighted by molar-refractivity contribution is 0.486. The van der Waals surface area contributed by atoms with Crippen molar-refractivity contribution in [1.82, 2.24) is 0 Å². The predicted octanol–water partition coefficient (Wildman–Crippen LogP) is 0.740. The molecule has 0 bridgehead atoms. The minimum Gasteiger partial charge on any atom is -0.399 e. The number of rotatable bonds is 2. The highest BCUT2D eigenvalue weighted by Gasteiger charge is 2.08. The van der Waals surface area contributed by atoms with Crippen molar-refractivity contribution < 1.29 is 9.46 Å². The van der Waals surface area contributed by atoms with Gasteiger partial charge in [-0.15, -0.1) is 0 Å². The zero-order valence-electron chi connectivity index (χ0n) is 6.27. The van der Waals surface area contributed by atoms with Gasteiger partial charge in [-0.3, -0.25) is 0 Å². The Hall–Kier alpha value is -1.03. The maximum absolute atomic E-state index is 10.7. The van der Waals surface area contributed by atoms with E-state index in [1.807, 2.05) is 0 Å². The number of nitrogens with one attached hydrogen (secondary N) is 1. The molecule has 0 aliphatic carbocycles. The molecule has 0 aromatic heterocycles. The molecule has 0 aliphatic heterocycles. The average molecular weight is 187 g/mol. The van der Waals surface area contributed by atoms with Crippen LogP contribution in [0.25, 0.3) is 0 Å². The van der Waals surface area contributed by atoms with Crippen LogP contribution in [0.2, 0.25) is 0 Å². The normalized spacial score (nSPS) is 15.2. The molecule has 12 heavy (non-hydrogen) atoms. The summed E-state index contributed by atoms with van der Waals surface area (Å²) >= 11 is 0. The monoisotopic (exact) mass is 187 g/mol. The fraction of sp³-hybridized carbons (Fsp3) is 0. The summed E-state index contributed by atoms with van der Waals surface area (Å²) in [5, 5.41) is 2.24. The molecule has 0 aliphatic rings. The van der Waals surface area contributed by atoms with Crippen molar-refractivity contribution in [3.63, 3.8) is 0 Å². The lowest BCUT2D eigenvalue weighted by Gasteiger charge is -2.08. The molecule has 6 heteroatoms. The number of benzene rings is 1. The second-order valence-corrected chi connectivity index (χ2v) is 3.83. The summed E-state index contributed by atoms with van der Waals surface area (Å²) in [4.78, 5) is 8.73. The van der Waals surface area contributed by atoms with Gasteiger partial charge in [0.15, 0.2) is 0 Å². The topological polar surface area (TPSA) is 101 Å². The van der Waals surface area contributed by atoms with Gasteiger partial charge in [-0.25, -0.2) is 10.1 Å². The van der Waals surface area contributed by atoms with Crippen LogP contribution in [0.15, 0.2) is 24.3 Å². The van der Waals surface area contributed by atoms with Gasteiger partial charge in [-0.2, -0.15) is 0 Å². The van der Waals surface area contributed by atoms with E-state index in [0.717, 1.165) is 0 Å². The first-order valence-corrected chi connectivity index (χ1v) is 4.95. The van der Waals surface area contributed by atoms with Gasteiger partial charge in [0, 0.05) is 11.4 Å². The number of nitrogen functional groups attached to an aromatic ring is 1. The molecule has 5 nitrogen and oxygen atoms in total. The minimum atomic E-state index is -3.69. The fourth-order valence-corrected chi connectivity index (χ4v) is 1.26. The number of hydrogen-bond donors (Lipinski definition) is 4. The Bertz CT molecular complexity index is 305. The third kappa shape index (κ3) is 2.92. The maximum Gasteiger partial charge on any atom is 0.360 e. The van der Waals surface area contributed by atoms with Crippen LogP contribution in [-0.4, -0.2) is 4.89 Å². The van der Waals surface area contributed by atoms with E-state index in [0.29, 0.717) is 11.4 Å². The highest BCUT2D eigenvalue weighted by atomic mass is 31.2. The summed E-state index contributed by atoms with van der Waals surface area (Å²) in [6.45, 7) is 0. The third-order valence-electron chi connectivity index (χ3n) is 1.20. The Morgan fingerprint density at radius 2 is 1.83 bits per heavy atom. The molecule has 1 rings (SSSR count). The van der Waals surface area contributed by atoms with E-state index in [9.17, 15) is 4.57 Å². The number of nitrogens with two attached hydrogens (primary N) is 2. The van der Waals surface area contributed by atoms with E-state index < -0.39 is 7.67 Å². The van der Waals surface area contributed by atoms with Crippen molar-refractivity contribution >= 4 is 19.0 Å². The zero-order valence-corrected chi connectivity index (χ0v) is 7.16. The second-order valence-electron chi connectivity index (χ2n) is 2.36. The first kappa shape index (κ1) is 9.06. The van der Waals surface area contributed by atoms with Crippen molar-refractivity contribution in [3.8, 4) is 0 Å². The quantitative estimate of drug-likeness (QED) is 0.404. The van der Waals surface area contributed by atoms with Crippen LogP contribution < -0.4 is 16.3 Å². The van der Waals surface area contributed by atoms with Crippen LogP contribution >= 0.6 is 7.67 Å². The van der Waals surface area contributed by atoms with Crippen LogP contribution in [-0.2, 0) is 4.57 Å². The van der Waals surface area contributed by atoms with E-state index in [2.05, 4.69) is 5.09 Å². The highest BCUT2D eigenvalue weighted by molar-refractivity contribution is 7.57. The average Bonchev–Trinajstić information content (AvgIpc) is 1.91. The minimum absolute atomic E-state index is 0.470. The van der Waals surface area contributed by atoms with Crippen LogP contribution in [0.4, 0.5) is 11.4 Å². The molecule has 0 amide bonds. The smallest absolute Gasteiger partial charge is 0.360 e. The summed E-state index contributed by atoms with van der Waals surface area (Å²) < 4.78 is 10.7. The Morgan fingerprint density at radius 3 is 2.25 bits per heavy atom. The first-order valence-electron chi connectivity index (χ1n) is 3.22. The lowest BCUT2D eigenvalue weighted by Crippen LogP contribution is -2.03. The van der Waals surface area contributed by atoms with E-state index in [1.54, 1.807) is 24.3 Å². The van der Waals surface area contributed by atoms with E-state index in [4.69, 9.17) is 16.1 Å². The van der Waals surface area contributed by atoms with E-state index in [-0.39, 0.29) is 0 Å². The SMILES string of the molecule is Nc1ccc(NP(N)(=O)O)cc1. The predicted molar refractivity (Wildman–Crippen MR) is 48.5 cm³/mol. The van der Waals surface area contributed by atoms with Gasteiger partial charge < -0.3 is 15.7 Å². The molecule has 0 heterocycles. The summed E-state index contributed by atoms with van der Waals surface area (Å²) in [5.41, 5.74) is 11.3. The molecular weight excluding hydrogens is 177 g/mol. The molecule has 0 fully saturated rings. The molecule has 1 unspecified atom stereocenters. The molecule has 0 saturated heterocycles. The molecule has 0 radical (unpaired) electrons. The fourth-order valence-electron chi connectivity index (χ4n) is 0.743. The molecule has 0 saturated carbocycles. The van der Waals surface area contributed by atoms with Gasteiger partial charge in [-0.1, -0.05) is 0 Å². The Kier molecular flexibility index (Phi) is 2.38. The molecule has 1 aromatic carbocycles. The largest absolute Gasteiger partial charge is 0.399 e. The molecule has 1 aromatic rings. The van der Waals surface area contributed by atoms with Gasteiger partial charge in [0.05, 0.1) is 0 Å². The van der Waals surface area contributed by atoms with Crippen molar-refractivity contribution in [2.24, 2.45) is 5.50 Å². The highest BCUT2D eigenvalue weighted by Crippen LogP contribution is 2.31. The Balaban J connectivity index is 2.78. The Labute approximate surface area is 69.9 Å². The molecular formula is C6H10N3O2P. The Morgan fingerprint density at radius 1 is 1.33 bits per heavy atom. The number of anilines is 2. The summed E-state index contributed by atoms with van der Waals surface area (Å²) in [6, 6.07) is 6.37. The van der Waals surface area contributed by atoms with E-state index >= 15 is 0 Å². The van der Waals surface area contributed by atoms with Gasteiger partial charge in [0.2, 0.25) is 0 Å². The van der Waals surface area contributed by atoms with Gasteiger partial charge >= 0.3 is 7.67 Å². The third-order valence-corrected chi connectivity index (χ3v) is 1.78. The van der Waals surface area contributed by atoms with Gasteiger partial charge in [0.1, 0.15) is 0 Å². The van der Waals surface area contributed by atoms with Crippen molar-refractivity contribution in [2.45, 2.75) is 0 Å². The molecule has 6 N–H and O–H groups in total. The van der Waals surface area contributed by atoms with Crippen LogP contribution in [0.3, 0.4) is 0 Å². The molecule has 0 spiro atoms. The van der Waals surface area contributed by atoms with Crippen molar-refractivity contribution in [3.05, 3.63) is 24.3 Å². The summed E-state index contributed by atoms with van der Waals surface area (Å²) in [5.74, 6) is 0. The molecule has 66 valence electrons. The lowest BCUT2D eigenvalue weighted by atomic mass is 10.3. The summed E-state index contributed by atoms with van der Waals surface area (Å²) in [7, 11) is -3.69. The first-order chi connectivity index (χ1) is 5.47. The van der Waals surface area contributed by atoms with Crippen LogP contribution in [0.5, 0.6) is 0 Å². The van der Waals surface area contributed by atoms with Crippen molar-refractivity contribution in [2.75, 3.05) is 10.8 Å². The van der Waals surface area contributed by atoms with Crippen molar-refractivity contribution in [1.29, 1.82) is 0 Å². The summed E-state index contributed by atoms with van der Waals surface area (Å²) in [6.07, 6.45) is 0. The van der Waals surface area contributed by atoms with Gasteiger partial charge in [-0.05, 0) is 24.3 Å². The van der Waals surface area contributed by atoms with Crippen LogP contribution in [0, 0.1) is 0 Å².